The summed E-state index contributed by atoms with van der Waals surface area (Å²) in [5, 5.41) is 71.4. The fourth-order valence-corrected chi connectivity index (χ4v) is 11.5. The Labute approximate surface area is 447 Å². The Kier molecular flexibility index (Phi) is 15.3. The average Bonchev–Trinajstić information content (AvgIpc) is 3.58. The molecule has 5 aromatic carbocycles. The second kappa shape index (κ2) is 22.2. The van der Waals surface area contributed by atoms with E-state index < -0.39 is 108 Å². The quantitative estimate of drug-likeness (QED) is 0.0705. The van der Waals surface area contributed by atoms with E-state index in [0.717, 1.165) is 29.0 Å². The van der Waals surface area contributed by atoms with Gasteiger partial charge in [0.05, 0.1) is 53.5 Å². The second-order valence-corrected chi connectivity index (χ2v) is 20.3. The predicted octanol–water partition coefficient (Wildman–Crippen LogP) is 5.47. The second-order valence-electron chi connectivity index (χ2n) is 20.3. The number of nitrogens with two attached hydrogens (primary N) is 1. The molecule has 10 unspecified atom stereocenters. The highest BCUT2D eigenvalue weighted by Crippen LogP contribution is 2.53. The highest BCUT2D eigenvalue weighted by Gasteiger charge is 2.51. The van der Waals surface area contributed by atoms with Crippen LogP contribution in [0, 0.1) is 11.8 Å². The van der Waals surface area contributed by atoms with Gasteiger partial charge in [-0.2, -0.15) is 10.2 Å². The van der Waals surface area contributed by atoms with Crippen molar-refractivity contribution in [1.82, 2.24) is 10.6 Å². The van der Waals surface area contributed by atoms with Crippen LogP contribution in [-0.2, 0) is 32.0 Å². The highest BCUT2D eigenvalue weighted by molar-refractivity contribution is 6.31. The minimum Gasteiger partial charge on any atom is -0.507 e. The first-order valence-corrected chi connectivity index (χ1v) is 25.8. The molecule has 2 fully saturated rings. The van der Waals surface area contributed by atoms with E-state index in [1.54, 1.807) is 24.3 Å². The summed E-state index contributed by atoms with van der Waals surface area (Å²) in [5.74, 6) is -3.85. The van der Waals surface area contributed by atoms with Gasteiger partial charge in [-0.15, -0.1) is 0 Å². The summed E-state index contributed by atoms with van der Waals surface area (Å²) < 4.78 is 28.8. The number of ether oxygens (including phenoxy) is 5. The lowest BCUT2D eigenvalue weighted by Crippen LogP contribution is -2.56. The molecule has 5 aliphatic rings. The minimum absolute atomic E-state index is 0.0399. The number of methoxy groups -OCH3 is 1. The SMILES string of the molecule is COc1cccc2c1C(=O)c1c(O)c3c(c(O)c1C2=O)CC(O)(C(=O)CO)CC3OC1CC(NC(=O)OCc2ccc(OC(=O)NC3CCC4C(c5ccccc5)=NN=C(c5ccccc5)C4CCC3N)cc2)C(O)C(C)O1. The maximum Gasteiger partial charge on any atom is 0.412 e. The Hall–Kier alpha value is -7.85. The van der Waals surface area contributed by atoms with Crippen LogP contribution < -0.4 is 25.8 Å². The van der Waals surface area contributed by atoms with Crippen LogP contribution in [-0.4, -0.2) is 122 Å². The van der Waals surface area contributed by atoms with Gasteiger partial charge in [-0.1, -0.05) is 84.9 Å². The van der Waals surface area contributed by atoms with Gasteiger partial charge in [0.25, 0.3) is 0 Å². The third-order valence-corrected chi connectivity index (χ3v) is 15.6. The van der Waals surface area contributed by atoms with E-state index in [1.807, 2.05) is 60.7 Å². The Morgan fingerprint density at radius 3 is 2.04 bits per heavy atom. The summed E-state index contributed by atoms with van der Waals surface area (Å²) in [4.78, 5) is 67.7. The number of alkyl carbamates (subject to hydrolysis) is 1. The van der Waals surface area contributed by atoms with E-state index in [1.165, 1.54) is 32.2 Å². The van der Waals surface area contributed by atoms with Crippen LogP contribution in [0.5, 0.6) is 23.0 Å². The molecule has 5 aromatic rings. The summed E-state index contributed by atoms with van der Waals surface area (Å²) >= 11 is 0. The lowest BCUT2D eigenvalue weighted by atomic mass is 9.71. The zero-order chi connectivity index (χ0) is 55.0. The third kappa shape index (κ3) is 10.4. The number of aliphatic hydroxyl groups is 3. The zero-order valence-electron chi connectivity index (χ0n) is 42.7. The summed E-state index contributed by atoms with van der Waals surface area (Å²) in [6.07, 6.45) is -5.61. The van der Waals surface area contributed by atoms with E-state index in [9.17, 15) is 49.5 Å². The molecule has 20 nitrogen and oxygen atoms in total. The van der Waals surface area contributed by atoms with Crippen molar-refractivity contribution >= 4 is 41.0 Å². The average molecular weight is 1070 g/mol. The van der Waals surface area contributed by atoms with Gasteiger partial charge >= 0.3 is 12.2 Å². The number of hydrogen-bond donors (Lipinski definition) is 8. The number of phenols is 2. The van der Waals surface area contributed by atoms with Crippen LogP contribution in [0.15, 0.2) is 113 Å². The smallest absolute Gasteiger partial charge is 0.412 e. The number of amides is 2. The van der Waals surface area contributed by atoms with Gasteiger partial charge in [-0.3, -0.25) is 14.4 Å². The number of rotatable bonds is 12. The first kappa shape index (κ1) is 53.5. The standard InChI is InChI=1S/C58H59N5O15/c1-29-51(66)40(24-44(76-29)78-42-26-58(73,43(65)27-64)25-37-46(42)55(70)48-47(53(37)68)52(67)36-14-9-15-41(74-2)45(36)54(48)69)61-56(71)75-28-30-16-18-33(19-17-30)77-57(72)60-39-23-21-35-34(20-22-38(39)59)49(31-10-5-3-6-11-31)62-63-50(35)32-12-7-4-8-13-32/h3-19,29,34-35,38-40,42,44,51,64,66,68,70,73H,20-28,59H2,1-2H3,(H,60,72)(H,61,71). The molecule has 0 aromatic heterocycles. The molecule has 406 valence electrons. The van der Waals surface area contributed by atoms with Crippen LogP contribution in [0.25, 0.3) is 0 Å². The number of nitrogens with zero attached hydrogens (tertiary/aromatic N) is 2. The molecule has 9 N–H and O–H groups in total. The molecule has 20 heteroatoms. The van der Waals surface area contributed by atoms with Crippen molar-refractivity contribution < 1.29 is 73.2 Å². The molecule has 3 aliphatic carbocycles. The number of benzene rings is 5. The highest BCUT2D eigenvalue weighted by atomic mass is 16.7. The lowest BCUT2D eigenvalue weighted by Gasteiger charge is -2.42. The molecule has 0 bridgehead atoms. The van der Waals surface area contributed by atoms with E-state index in [4.69, 9.17) is 39.6 Å². The van der Waals surface area contributed by atoms with Gasteiger partial charge in [0.15, 0.2) is 17.9 Å². The van der Waals surface area contributed by atoms with Crippen LogP contribution in [0.3, 0.4) is 0 Å². The molecule has 0 radical (unpaired) electrons. The monoisotopic (exact) mass is 1070 g/mol. The maximum absolute atomic E-state index is 14.1. The van der Waals surface area contributed by atoms with E-state index in [2.05, 4.69) is 10.6 Å². The number of fused-ring (bicyclic) bond motifs is 4. The van der Waals surface area contributed by atoms with E-state index in [0.29, 0.717) is 24.8 Å². The molecule has 2 amide bonds. The van der Waals surface area contributed by atoms with Crippen molar-refractivity contribution in [2.75, 3.05) is 13.7 Å². The van der Waals surface area contributed by atoms with Crippen molar-refractivity contribution in [3.63, 3.8) is 0 Å². The minimum atomic E-state index is -2.39. The number of nitrogens with one attached hydrogen (secondary N) is 2. The van der Waals surface area contributed by atoms with Gasteiger partial charge in [0.2, 0.25) is 5.78 Å². The number of aromatic hydroxyl groups is 2. The molecule has 2 aliphatic heterocycles. The van der Waals surface area contributed by atoms with Crippen LogP contribution in [0.2, 0.25) is 0 Å². The molecule has 1 saturated carbocycles. The van der Waals surface area contributed by atoms with E-state index >= 15 is 0 Å². The summed E-state index contributed by atoms with van der Waals surface area (Å²) in [6, 6.07) is 28.8. The third-order valence-electron chi connectivity index (χ3n) is 15.6. The number of carbonyl (C=O) groups is 5. The van der Waals surface area contributed by atoms with Crippen molar-refractivity contribution in [3.8, 4) is 23.0 Å². The van der Waals surface area contributed by atoms with Crippen LogP contribution in [0.1, 0.15) is 111 Å². The molecule has 0 spiro atoms. The number of Topliss-reactive ketones (excluding diaryl/α,β-unsaturated/α-hetero) is 1. The number of hydrogen-bond acceptors (Lipinski definition) is 18. The lowest BCUT2D eigenvalue weighted by molar-refractivity contribution is -0.249. The first-order chi connectivity index (χ1) is 37.6. The van der Waals surface area contributed by atoms with Crippen molar-refractivity contribution in [3.05, 3.63) is 153 Å². The van der Waals surface area contributed by atoms with Gasteiger partial charge in [0.1, 0.15) is 47.9 Å². The van der Waals surface area contributed by atoms with Crippen LogP contribution in [0.4, 0.5) is 9.59 Å². The zero-order valence-corrected chi connectivity index (χ0v) is 42.7. The number of carbonyl (C=O) groups excluding carboxylic acids is 5. The maximum atomic E-state index is 14.1. The molecule has 1 saturated heterocycles. The van der Waals surface area contributed by atoms with Gasteiger partial charge in [-0.05, 0) is 67.5 Å². The van der Waals surface area contributed by atoms with Gasteiger partial charge in [0, 0.05) is 59.9 Å². The Balaban J connectivity index is 0.764. The summed E-state index contributed by atoms with van der Waals surface area (Å²) in [6.45, 7) is 0.176. The normalized spacial score (nSPS) is 26.5. The molecule has 10 atom stereocenters. The number of aliphatic hydroxyl groups excluding tert-OH is 2. The fourth-order valence-electron chi connectivity index (χ4n) is 11.5. The van der Waals surface area contributed by atoms with Crippen molar-refractivity contribution in [2.45, 2.75) is 107 Å². The molecular formula is C58H59N5O15. The predicted molar refractivity (Wildman–Crippen MR) is 280 cm³/mol. The molecular weight excluding hydrogens is 1010 g/mol. The molecule has 78 heavy (non-hydrogen) atoms. The van der Waals surface area contributed by atoms with Gasteiger partial charge < -0.3 is 65.6 Å². The fraction of sp³-hybridized carbons (Fsp3) is 0.362. The van der Waals surface area contributed by atoms with Gasteiger partial charge in [-0.25, -0.2) is 9.59 Å². The first-order valence-electron chi connectivity index (χ1n) is 25.8. The Morgan fingerprint density at radius 2 is 1.40 bits per heavy atom. The Morgan fingerprint density at radius 1 is 0.769 bits per heavy atom. The molecule has 10 rings (SSSR count). The number of ketones is 3. The Bertz CT molecular complexity index is 3210. The van der Waals surface area contributed by atoms with Crippen molar-refractivity contribution in [2.24, 2.45) is 27.8 Å². The molecule has 2 heterocycles. The largest absolute Gasteiger partial charge is 0.507 e. The topological polar surface area (TPSA) is 307 Å². The number of phenolic OH excluding ortho intramolecular Hbond substituents is 2. The summed E-state index contributed by atoms with van der Waals surface area (Å²) in [7, 11) is 1.30. The summed E-state index contributed by atoms with van der Waals surface area (Å²) in [5.41, 5.74) is 6.92. The van der Waals surface area contributed by atoms with Crippen LogP contribution >= 0.6 is 0 Å². The van der Waals surface area contributed by atoms with Crippen molar-refractivity contribution in [1.29, 1.82) is 0 Å². The van der Waals surface area contributed by atoms with E-state index in [-0.39, 0.29) is 70.7 Å².